The van der Waals surface area contributed by atoms with Crippen LogP contribution in [0, 0.1) is 0 Å². The molecule has 0 aliphatic carbocycles. The van der Waals surface area contributed by atoms with E-state index in [0.717, 1.165) is 0 Å². The first kappa shape index (κ1) is 31.0. The maximum atomic E-state index is 13.9. The zero-order chi connectivity index (χ0) is 26.4. The first-order chi connectivity index (χ1) is 13.8. The Morgan fingerprint density at radius 1 is 0.531 bits per heavy atom. The zero-order valence-corrected chi connectivity index (χ0v) is 16.6. The van der Waals surface area contributed by atoms with Crippen molar-refractivity contribution in [3.63, 3.8) is 0 Å². The van der Waals surface area contributed by atoms with Crippen LogP contribution in [-0.2, 0) is 13.3 Å². The Bertz CT molecular complexity index is 640. The summed E-state index contributed by atoms with van der Waals surface area (Å²) in [6.07, 6.45) is -5.88. The normalized spacial score (nSPS) is 16.1. The van der Waals surface area contributed by atoms with Crippen molar-refractivity contribution in [1.82, 2.24) is 0 Å². The molecule has 0 heterocycles. The van der Waals surface area contributed by atoms with Gasteiger partial charge < -0.3 is 13.3 Å². The second kappa shape index (κ2) is 8.64. The third-order valence-corrected chi connectivity index (χ3v) is 6.84. The van der Waals surface area contributed by atoms with E-state index in [1.807, 2.05) is 0 Å². The predicted octanol–water partition coefficient (Wildman–Crippen LogP) is 5.58. The largest absolute Gasteiger partial charge is 0.506 e. The van der Waals surface area contributed by atoms with Crippen LogP contribution < -0.4 is 0 Å². The first-order valence-corrected chi connectivity index (χ1v) is 9.35. The summed E-state index contributed by atoms with van der Waals surface area (Å²) < 4.78 is 224. The van der Waals surface area contributed by atoms with Crippen molar-refractivity contribution in [3.8, 4) is 0 Å². The van der Waals surface area contributed by atoms with Gasteiger partial charge in [0.05, 0.1) is 6.04 Å². The lowest BCUT2D eigenvalue weighted by Crippen LogP contribution is -2.74. The summed E-state index contributed by atoms with van der Waals surface area (Å²) in [6, 6.07) is -2.82. The number of rotatable bonds is 12. The smallest absolute Gasteiger partial charge is 0.377 e. The quantitative estimate of drug-likeness (QED) is 0.241. The molecule has 0 aromatic rings. The van der Waals surface area contributed by atoms with Crippen LogP contribution in [0.3, 0.4) is 0 Å². The fourth-order valence-corrected chi connectivity index (χ4v) is 3.72. The molecule has 0 amide bonds. The van der Waals surface area contributed by atoms with E-state index in [-0.39, 0.29) is 0 Å². The van der Waals surface area contributed by atoms with E-state index in [4.69, 9.17) is 0 Å². The summed E-state index contributed by atoms with van der Waals surface area (Å²) in [4.78, 5) is 0. The minimum absolute atomic E-state index is 0.432. The number of halogens is 16. The van der Waals surface area contributed by atoms with Crippen LogP contribution in [-0.4, -0.2) is 78.0 Å². The monoisotopic (exact) mass is 536 g/mol. The lowest BCUT2D eigenvalue weighted by atomic mass is 9.89. The van der Waals surface area contributed by atoms with Crippen molar-refractivity contribution in [2.24, 2.45) is 0 Å². The maximum absolute atomic E-state index is 13.9. The van der Waals surface area contributed by atoms with Gasteiger partial charge in [-0.2, -0.15) is 61.5 Å². The van der Waals surface area contributed by atoms with Gasteiger partial charge in [-0.05, 0) is 0 Å². The molecular weight excluding hydrogens is 524 g/mol. The molecule has 0 unspecified atom stereocenters. The van der Waals surface area contributed by atoms with Crippen molar-refractivity contribution < 1.29 is 83.5 Å². The molecule has 32 heavy (non-hydrogen) atoms. The van der Waals surface area contributed by atoms with Gasteiger partial charge in [0.2, 0.25) is 0 Å². The molecule has 0 aromatic carbocycles. The van der Waals surface area contributed by atoms with Gasteiger partial charge in [0.25, 0.3) is 0 Å². The van der Waals surface area contributed by atoms with Gasteiger partial charge in [-0.3, -0.25) is 0 Å². The summed E-state index contributed by atoms with van der Waals surface area (Å²) in [7, 11) is -3.80. The lowest BCUT2D eigenvalue weighted by molar-refractivity contribution is -0.446. The van der Waals surface area contributed by atoms with E-state index in [9.17, 15) is 70.2 Å². The fraction of sp³-hybridized carbons (Fsp3) is 1.00. The SMILES string of the molecule is CO[Si](CC(F)(F)C(F)(F)C(F)(F)C(F)(F)C(F)(F)C(F)(F)C(F)(F)C(F)F)(OC)OC. The first-order valence-electron chi connectivity index (χ1n) is 7.42. The van der Waals surface area contributed by atoms with Gasteiger partial charge in [0.15, 0.2) is 0 Å². The zero-order valence-electron chi connectivity index (χ0n) is 15.6. The number of hydrogen-bond donors (Lipinski definition) is 0. The summed E-state index contributed by atoms with van der Waals surface area (Å²) in [6.45, 7) is 0. The molecule has 0 fully saturated rings. The van der Waals surface area contributed by atoms with Crippen molar-refractivity contribution in [3.05, 3.63) is 0 Å². The van der Waals surface area contributed by atoms with Crippen molar-refractivity contribution in [1.29, 1.82) is 0 Å². The Morgan fingerprint density at radius 3 is 1.09 bits per heavy atom. The molecule has 0 radical (unpaired) electrons. The lowest BCUT2D eigenvalue weighted by Gasteiger charge is -2.43. The Kier molecular flexibility index (Phi) is 8.36. The van der Waals surface area contributed by atoms with E-state index < -0.39 is 62.7 Å². The Hall–Kier alpha value is -1.02. The van der Waals surface area contributed by atoms with Crippen LogP contribution in [0.15, 0.2) is 0 Å². The molecule has 194 valence electrons. The summed E-state index contributed by atoms with van der Waals surface area (Å²) in [5.41, 5.74) is 0. The van der Waals surface area contributed by atoms with Gasteiger partial charge in [0.1, 0.15) is 0 Å². The van der Waals surface area contributed by atoms with Gasteiger partial charge in [-0.15, -0.1) is 0 Å². The molecule has 0 atom stereocenters. The van der Waals surface area contributed by atoms with Crippen LogP contribution in [0.5, 0.6) is 0 Å². The molecular formula is C12H12F16O3Si. The minimum atomic E-state index is -8.44. The van der Waals surface area contributed by atoms with Gasteiger partial charge in [-0.25, -0.2) is 8.78 Å². The molecule has 0 bridgehead atoms. The van der Waals surface area contributed by atoms with Crippen LogP contribution in [0.4, 0.5) is 70.2 Å². The van der Waals surface area contributed by atoms with Crippen molar-refractivity contribution in [2.75, 3.05) is 21.3 Å². The second-order valence-corrected chi connectivity index (χ2v) is 8.92. The standard InChI is InChI=1S/C12H12F16O3Si/c1-29-32(30-2,31-3)4-6(15,16)8(19,20)10(23,24)12(27,28)11(25,26)9(21,22)7(17,18)5(13)14/h5H,4H2,1-3H3. The maximum Gasteiger partial charge on any atom is 0.506 e. The third-order valence-electron chi connectivity index (χ3n) is 4.10. The Labute approximate surface area is 168 Å². The molecule has 0 rings (SSSR count). The van der Waals surface area contributed by atoms with Crippen LogP contribution >= 0.6 is 0 Å². The molecule has 0 N–H and O–H groups in total. The van der Waals surface area contributed by atoms with E-state index in [2.05, 4.69) is 13.3 Å². The highest BCUT2D eigenvalue weighted by atomic mass is 28.4. The Morgan fingerprint density at radius 2 is 0.812 bits per heavy atom. The molecule has 0 aliphatic rings. The minimum Gasteiger partial charge on any atom is -0.377 e. The third kappa shape index (κ3) is 4.14. The second-order valence-electron chi connectivity index (χ2n) is 5.97. The summed E-state index contributed by atoms with van der Waals surface area (Å²) in [5, 5.41) is 0. The van der Waals surface area contributed by atoms with Gasteiger partial charge in [0, 0.05) is 21.3 Å². The average molecular weight is 536 g/mol. The van der Waals surface area contributed by atoms with Crippen LogP contribution in [0.1, 0.15) is 0 Å². The summed E-state index contributed by atoms with van der Waals surface area (Å²) >= 11 is 0. The van der Waals surface area contributed by atoms with E-state index in [1.54, 1.807) is 0 Å². The van der Waals surface area contributed by atoms with E-state index >= 15 is 0 Å². The highest BCUT2D eigenvalue weighted by Gasteiger charge is 2.93. The number of hydrogen-bond acceptors (Lipinski definition) is 3. The highest BCUT2D eigenvalue weighted by Crippen LogP contribution is 2.63. The molecule has 0 saturated heterocycles. The molecule has 0 aromatic heterocycles. The van der Waals surface area contributed by atoms with E-state index in [1.165, 1.54) is 0 Å². The molecule has 0 saturated carbocycles. The Balaban J connectivity index is 6.67. The topological polar surface area (TPSA) is 27.7 Å². The fourth-order valence-electron chi connectivity index (χ4n) is 2.02. The van der Waals surface area contributed by atoms with Crippen molar-refractivity contribution >= 4 is 8.80 Å². The summed E-state index contributed by atoms with van der Waals surface area (Å²) in [5.74, 6) is -54.9. The predicted molar refractivity (Wildman–Crippen MR) is 72.2 cm³/mol. The number of alkyl halides is 16. The van der Waals surface area contributed by atoms with E-state index in [0.29, 0.717) is 21.3 Å². The average Bonchev–Trinajstić information content (AvgIpc) is 2.64. The molecule has 0 aliphatic heterocycles. The van der Waals surface area contributed by atoms with Gasteiger partial charge >= 0.3 is 56.7 Å². The van der Waals surface area contributed by atoms with Crippen molar-refractivity contribution in [2.45, 2.75) is 53.9 Å². The highest BCUT2D eigenvalue weighted by molar-refractivity contribution is 6.60. The van der Waals surface area contributed by atoms with Gasteiger partial charge in [-0.1, -0.05) is 0 Å². The molecule has 3 nitrogen and oxygen atoms in total. The molecule has 0 spiro atoms. The molecule has 20 heteroatoms. The van der Waals surface area contributed by atoms with Crippen LogP contribution in [0.25, 0.3) is 0 Å². The van der Waals surface area contributed by atoms with Crippen LogP contribution in [0.2, 0.25) is 6.04 Å².